The summed E-state index contributed by atoms with van der Waals surface area (Å²) in [5.41, 5.74) is 2.64. The highest BCUT2D eigenvalue weighted by molar-refractivity contribution is 7.12. The molecule has 1 aliphatic carbocycles. The molecule has 0 unspecified atom stereocenters. The zero-order chi connectivity index (χ0) is 12.4. The Labute approximate surface area is 104 Å². The largest absolute Gasteiger partial charge is 0.144 e. The maximum atomic E-state index is 2.47. The van der Waals surface area contributed by atoms with Gasteiger partial charge >= 0.3 is 0 Å². The third-order valence-electron chi connectivity index (χ3n) is 5.09. The molecule has 1 heterocycles. The Morgan fingerprint density at radius 3 is 2.12 bits per heavy atom. The molecular weight excluding hydrogens is 212 g/mol. The number of hydrogen-bond donors (Lipinski definition) is 0. The summed E-state index contributed by atoms with van der Waals surface area (Å²) in [5.74, 6) is 0. The standard InChI is InChI=1S/C15H24S/c1-8-13(2,3)11-9-10-12(16-11)15(6,7)14(10,4)5/h9H,8H2,1-7H3. The van der Waals surface area contributed by atoms with Gasteiger partial charge in [0.1, 0.15) is 0 Å². The summed E-state index contributed by atoms with van der Waals surface area (Å²) in [6, 6.07) is 2.47. The van der Waals surface area contributed by atoms with Crippen LogP contribution in [-0.4, -0.2) is 0 Å². The van der Waals surface area contributed by atoms with Crippen LogP contribution in [0.3, 0.4) is 0 Å². The molecule has 1 aromatic heterocycles. The lowest BCUT2D eigenvalue weighted by Crippen LogP contribution is -2.49. The van der Waals surface area contributed by atoms with Crippen molar-refractivity contribution in [3.8, 4) is 0 Å². The summed E-state index contributed by atoms with van der Waals surface area (Å²) in [7, 11) is 0. The third-order valence-corrected chi connectivity index (χ3v) is 6.91. The van der Waals surface area contributed by atoms with Gasteiger partial charge in [-0.15, -0.1) is 11.3 Å². The predicted octanol–water partition coefficient (Wildman–Crippen LogP) is 5.00. The van der Waals surface area contributed by atoms with Crippen molar-refractivity contribution < 1.29 is 0 Å². The van der Waals surface area contributed by atoms with Gasteiger partial charge in [-0.25, -0.2) is 0 Å². The molecule has 0 N–H and O–H groups in total. The molecular formula is C15H24S. The first-order valence-electron chi connectivity index (χ1n) is 6.30. The molecule has 0 nitrogen and oxygen atoms in total. The van der Waals surface area contributed by atoms with Gasteiger partial charge in [0.05, 0.1) is 0 Å². The number of rotatable bonds is 2. The predicted molar refractivity (Wildman–Crippen MR) is 73.7 cm³/mol. The molecule has 2 rings (SSSR count). The number of thiophene rings is 1. The molecule has 1 aromatic rings. The van der Waals surface area contributed by atoms with Crippen LogP contribution >= 0.6 is 11.3 Å². The van der Waals surface area contributed by atoms with Crippen molar-refractivity contribution in [1.82, 2.24) is 0 Å². The van der Waals surface area contributed by atoms with Crippen LogP contribution in [0.1, 0.15) is 70.2 Å². The van der Waals surface area contributed by atoms with Crippen LogP contribution in [0, 0.1) is 0 Å². The Bertz CT molecular complexity index is 387. The topological polar surface area (TPSA) is 0 Å². The number of hydrogen-bond acceptors (Lipinski definition) is 1. The lowest BCUT2D eigenvalue weighted by atomic mass is 9.53. The van der Waals surface area contributed by atoms with Crippen LogP contribution < -0.4 is 0 Å². The van der Waals surface area contributed by atoms with Crippen molar-refractivity contribution in [3.63, 3.8) is 0 Å². The van der Waals surface area contributed by atoms with Gasteiger partial charge in [0.25, 0.3) is 0 Å². The molecule has 0 radical (unpaired) electrons. The van der Waals surface area contributed by atoms with E-state index in [4.69, 9.17) is 0 Å². The van der Waals surface area contributed by atoms with E-state index in [-0.39, 0.29) is 0 Å². The summed E-state index contributed by atoms with van der Waals surface area (Å²) >= 11 is 2.04. The van der Waals surface area contributed by atoms with Crippen molar-refractivity contribution in [2.24, 2.45) is 0 Å². The minimum absolute atomic E-state index is 0.341. The Morgan fingerprint density at radius 1 is 1.12 bits per heavy atom. The van der Waals surface area contributed by atoms with Crippen molar-refractivity contribution in [3.05, 3.63) is 21.4 Å². The molecule has 0 fully saturated rings. The second-order valence-electron chi connectivity index (χ2n) is 6.84. The van der Waals surface area contributed by atoms with Crippen molar-refractivity contribution in [1.29, 1.82) is 0 Å². The van der Waals surface area contributed by atoms with E-state index in [0.717, 1.165) is 0 Å². The summed E-state index contributed by atoms with van der Waals surface area (Å²) in [4.78, 5) is 3.19. The molecule has 0 atom stereocenters. The molecule has 1 heteroatoms. The summed E-state index contributed by atoms with van der Waals surface area (Å²) < 4.78 is 0. The van der Waals surface area contributed by atoms with Crippen LogP contribution in [0.2, 0.25) is 0 Å². The minimum atomic E-state index is 0.341. The monoisotopic (exact) mass is 236 g/mol. The fourth-order valence-electron chi connectivity index (χ4n) is 2.39. The van der Waals surface area contributed by atoms with Crippen molar-refractivity contribution >= 4 is 11.3 Å². The zero-order valence-electron chi connectivity index (χ0n) is 11.7. The molecule has 16 heavy (non-hydrogen) atoms. The second-order valence-corrected chi connectivity index (χ2v) is 7.89. The van der Waals surface area contributed by atoms with Crippen LogP contribution in [0.5, 0.6) is 0 Å². The first-order chi connectivity index (χ1) is 7.14. The lowest BCUT2D eigenvalue weighted by Gasteiger charge is -2.51. The maximum absolute atomic E-state index is 2.47. The molecule has 0 aliphatic heterocycles. The summed E-state index contributed by atoms with van der Waals surface area (Å²) in [6.07, 6.45) is 1.22. The molecule has 90 valence electrons. The summed E-state index contributed by atoms with van der Waals surface area (Å²) in [6.45, 7) is 16.5. The number of fused-ring (bicyclic) bond motifs is 1. The van der Waals surface area contributed by atoms with Gasteiger partial charge in [-0.1, -0.05) is 48.5 Å². The molecule has 0 bridgehead atoms. The van der Waals surface area contributed by atoms with Gasteiger partial charge < -0.3 is 0 Å². The van der Waals surface area contributed by atoms with Gasteiger partial charge in [0.2, 0.25) is 0 Å². The average Bonchev–Trinajstić information content (AvgIpc) is 2.61. The van der Waals surface area contributed by atoms with E-state index < -0.39 is 0 Å². The third kappa shape index (κ3) is 1.27. The van der Waals surface area contributed by atoms with Gasteiger partial charge in [-0.05, 0) is 23.5 Å². The SMILES string of the molecule is CCC(C)(C)c1cc2c(s1)C(C)(C)C2(C)C. The Kier molecular flexibility index (Phi) is 2.38. The van der Waals surface area contributed by atoms with E-state index in [9.17, 15) is 0 Å². The molecule has 0 spiro atoms. The van der Waals surface area contributed by atoms with Gasteiger partial charge in [-0.2, -0.15) is 0 Å². The average molecular weight is 236 g/mol. The molecule has 0 saturated carbocycles. The van der Waals surface area contributed by atoms with Crippen LogP contribution in [-0.2, 0) is 16.2 Å². The van der Waals surface area contributed by atoms with E-state index in [1.165, 1.54) is 6.42 Å². The lowest BCUT2D eigenvalue weighted by molar-refractivity contribution is 0.251. The second kappa shape index (κ2) is 3.13. The van der Waals surface area contributed by atoms with Gasteiger partial charge in [0.15, 0.2) is 0 Å². The zero-order valence-corrected chi connectivity index (χ0v) is 12.5. The van der Waals surface area contributed by atoms with Gasteiger partial charge in [-0.3, -0.25) is 0 Å². The van der Waals surface area contributed by atoms with Crippen LogP contribution in [0.4, 0.5) is 0 Å². The van der Waals surface area contributed by atoms with Crippen molar-refractivity contribution in [2.75, 3.05) is 0 Å². The quantitative estimate of drug-likeness (QED) is 0.677. The highest BCUT2D eigenvalue weighted by atomic mass is 32.1. The van der Waals surface area contributed by atoms with E-state index in [1.54, 1.807) is 15.3 Å². The van der Waals surface area contributed by atoms with E-state index in [0.29, 0.717) is 16.2 Å². The fraction of sp³-hybridized carbons (Fsp3) is 0.733. The molecule has 0 aromatic carbocycles. The van der Waals surface area contributed by atoms with Crippen molar-refractivity contribution in [2.45, 2.75) is 71.1 Å². The minimum Gasteiger partial charge on any atom is -0.144 e. The Balaban J connectivity index is 2.50. The Hall–Kier alpha value is -0.300. The molecule has 0 saturated heterocycles. The van der Waals surface area contributed by atoms with E-state index in [2.05, 4.69) is 54.5 Å². The first kappa shape index (κ1) is 12.2. The smallest absolute Gasteiger partial charge is 0.0151 e. The van der Waals surface area contributed by atoms with E-state index >= 15 is 0 Å². The molecule has 0 amide bonds. The normalized spacial score (nSPS) is 21.4. The fourth-order valence-corrected chi connectivity index (χ4v) is 4.14. The van der Waals surface area contributed by atoms with E-state index in [1.807, 2.05) is 11.3 Å². The van der Waals surface area contributed by atoms with Gasteiger partial charge in [0, 0.05) is 20.6 Å². The molecule has 1 aliphatic rings. The highest BCUT2D eigenvalue weighted by Crippen LogP contribution is 2.59. The Morgan fingerprint density at radius 2 is 1.69 bits per heavy atom. The van der Waals surface area contributed by atoms with Crippen LogP contribution in [0.25, 0.3) is 0 Å². The van der Waals surface area contributed by atoms with Crippen LogP contribution in [0.15, 0.2) is 6.07 Å². The summed E-state index contributed by atoms with van der Waals surface area (Å²) in [5, 5.41) is 0. The maximum Gasteiger partial charge on any atom is 0.0151 e. The highest BCUT2D eigenvalue weighted by Gasteiger charge is 2.53. The first-order valence-corrected chi connectivity index (χ1v) is 7.11.